The van der Waals surface area contributed by atoms with Gasteiger partial charge < -0.3 is 5.32 Å². The molecule has 0 aliphatic rings. The van der Waals surface area contributed by atoms with Crippen LogP contribution >= 0.6 is 22.9 Å². The first-order valence-corrected chi connectivity index (χ1v) is 9.28. The van der Waals surface area contributed by atoms with E-state index in [4.69, 9.17) is 11.6 Å². The van der Waals surface area contributed by atoms with E-state index in [1.165, 1.54) is 11.1 Å². The Hall–Kier alpha value is -0.880. The van der Waals surface area contributed by atoms with E-state index in [1.807, 2.05) is 24.4 Å². The molecule has 1 atom stereocenters. The highest BCUT2D eigenvalue weighted by atomic mass is 35.5. The highest BCUT2D eigenvalue weighted by Crippen LogP contribution is 2.25. The van der Waals surface area contributed by atoms with E-state index in [2.05, 4.69) is 5.32 Å². The maximum absolute atomic E-state index is 11.8. The molecule has 0 spiro atoms. The van der Waals surface area contributed by atoms with Gasteiger partial charge in [0.1, 0.15) is 0 Å². The van der Waals surface area contributed by atoms with Gasteiger partial charge in [0.15, 0.2) is 9.84 Å². The summed E-state index contributed by atoms with van der Waals surface area (Å²) >= 11 is 7.81. The lowest BCUT2D eigenvalue weighted by Crippen LogP contribution is -2.19. The Morgan fingerprint density at radius 1 is 1.30 bits per heavy atom. The van der Waals surface area contributed by atoms with Crippen LogP contribution in [0.15, 0.2) is 40.6 Å². The van der Waals surface area contributed by atoms with Gasteiger partial charge in [0, 0.05) is 34.3 Å². The van der Waals surface area contributed by atoms with Crippen LogP contribution < -0.4 is 5.32 Å². The monoisotopic (exact) mass is 329 g/mol. The van der Waals surface area contributed by atoms with E-state index in [-0.39, 0.29) is 10.9 Å². The van der Waals surface area contributed by atoms with Crippen LogP contribution in [0.4, 0.5) is 0 Å². The largest absolute Gasteiger partial charge is 0.305 e. The van der Waals surface area contributed by atoms with Gasteiger partial charge in [-0.15, -0.1) is 11.3 Å². The summed E-state index contributed by atoms with van der Waals surface area (Å²) in [5.41, 5.74) is 0.625. The first kappa shape index (κ1) is 15.5. The predicted octanol–water partition coefficient (Wildman–Crippen LogP) is 3.66. The van der Waals surface area contributed by atoms with Crippen molar-refractivity contribution in [3.8, 4) is 0 Å². The summed E-state index contributed by atoms with van der Waals surface area (Å²) in [6, 6.07) is 9.16. The average Bonchev–Trinajstić information content (AvgIpc) is 2.89. The van der Waals surface area contributed by atoms with Gasteiger partial charge in [-0.1, -0.05) is 23.7 Å². The van der Waals surface area contributed by atoms with Crippen LogP contribution in [0.1, 0.15) is 23.4 Å². The lowest BCUT2D eigenvalue weighted by atomic mass is 10.2. The Morgan fingerprint density at radius 3 is 2.65 bits per heavy atom. The van der Waals surface area contributed by atoms with Crippen LogP contribution in [0.25, 0.3) is 0 Å². The molecule has 0 amide bonds. The zero-order valence-corrected chi connectivity index (χ0v) is 13.6. The van der Waals surface area contributed by atoms with Gasteiger partial charge in [-0.05, 0) is 30.5 Å². The number of halogens is 1. The maximum atomic E-state index is 11.8. The molecule has 1 aromatic heterocycles. The van der Waals surface area contributed by atoms with Gasteiger partial charge in [-0.3, -0.25) is 0 Å². The van der Waals surface area contributed by atoms with E-state index >= 15 is 0 Å². The topological polar surface area (TPSA) is 46.2 Å². The second-order valence-electron chi connectivity index (χ2n) is 4.61. The molecule has 1 aromatic carbocycles. The molecule has 2 aromatic rings. The lowest BCUT2D eigenvalue weighted by molar-refractivity contribution is 0.572. The van der Waals surface area contributed by atoms with E-state index in [0.29, 0.717) is 17.1 Å². The van der Waals surface area contributed by atoms with Crippen molar-refractivity contribution in [2.24, 2.45) is 0 Å². The Labute approximate surface area is 128 Å². The molecule has 0 bridgehead atoms. The molecule has 3 nitrogen and oxygen atoms in total. The van der Waals surface area contributed by atoms with Crippen molar-refractivity contribution >= 4 is 32.8 Å². The third kappa shape index (κ3) is 3.61. The molecule has 0 aliphatic carbocycles. The normalized spacial score (nSPS) is 13.3. The molecular formula is C14H16ClNO2S2. The van der Waals surface area contributed by atoms with Crippen molar-refractivity contribution in [1.82, 2.24) is 5.32 Å². The smallest absolute Gasteiger partial charge is 0.175 e. The summed E-state index contributed by atoms with van der Waals surface area (Å²) in [4.78, 5) is 1.49. The zero-order valence-electron chi connectivity index (χ0n) is 11.3. The number of hydrogen-bond acceptors (Lipinski definition) is 4. The van der Waals surface area contributed by atoms with Crippen LogP contribution in [0.5, 0.6) is 0 Å². The zero-order chi connectivity index (χ0) is 14.8. The second kappa shape index (κ2) is 6.26. The van der Waals surface area contributed by atoms with E-state index in [0.717, 1.165) is 0 Å². The minimum absolute atomic E-state index is 0.152. The molecule has 1 heterocycles. The molecule has 0 radical (unpaired) electrons. The fourth-order valence-corrected chi connectivity index (χ4v) is 3.96. The summed E-state index contributed by atoms with van der Waals surface area (Å²) in [7, 11) is -3.28. The summed E-state index contributed by atoms with van der Waals surface area (Å²) in [5.74, 6) is 0. The number of nitrogens with one attached hydrogen (secondary N) is 1. The van der Waals surface area contributed by atoms with Crippen LogP contribution in [-0.2, 0) is 16.4 Å². The number of rotatable bonds is 5. The summed E-state index contributed by atoms with van der Waals surface area (Å²) in [5, 5.41) is 5.81. The van der Waals surface area contributed by atoms with Gasteiger partial charge in [0.2, 0.25) is 0 Å². The lowest BCUT2D eigenvalue weighted by Gasteiger charge is -2.15. The van der Waals surface area contributed by atoms with E-state index in [9.17, 15) is 8.42 Å². The van der Waals surface area contributed by atoms with Gasteiger partial charge >= 0.3 is 0 Å². The average molecular weight is 330 g/mol. The van der Waals surface area contributed by atoms with Gasteiger partial charge in [-0.25, -0.2) is 8.42 Å². The fraction of sp³-hybridized carbons (Fsp3) is 0.286. The minimum Gasteiger partial charge on any atom is -0.305 e. The molecular weight excluding hydrogens is 314 g/mol. The summed E-state index contributed by atoms with van der Waals surface area (Å²) in [6.45, 7) is 2.46. The quantitative estimate of drug-likeness (QED) is 0.910. The molecule has 1 N–H and O–H groups in total. The third-order valence-corrected chi connectivity index (χ3v) is 5.62. The molecule has 0 unspecified atom stereocenters. The van der Waals surface area contributed by atoms with E-state index < -0.39 is 9.84 Å². The Bertz CT molecular complexity index is 681. The van der Waals surface area contributed by atoms with Crippen molar-refractivity contribution in [1.29, 1.82) is 0 Å². The molecule has 0 saturated heterocycles. The van der Waals surface area contributed by atoms with Crippen molar-refractivity contribution in [3.63, 3.8) is 0 Å². The number of hydrogen-bond donors (Lipinski definition) is 1. The second-order valence-corrected chi connectivity index (χ2v) is 7.98. The Morgan fingerprint density at radius 2 is 2.05 bits per heavy atom. The fourth-order valence-electron chi connectivity index (χ4n) is 1.95. The van der Waals surface area contributed by atoms with Crippen LogP contribution in [0, 0.1) is 0 Å². The Balaban J connectivity index is 2.22. The van der Waals surface area contributed by atoms with Crippen LogP contribution in [0.2, 0.25) is 5.02 Å². The molecule has 0 fully saturated rings. The van der Waals surface area contributed by atoms with Gasteiger partial charge in [0.05, 0.1) is 4.90 Å². The van der Waals surface area contributed by atoms with Crippen molar-refractivity contribution < 1.29 is 8.42 Å². The van der Waals surface area contributed by atoms with Gasteiger partial charge in [-0.2, -0.15) is 0 Å². The SMILES string of the molecule is C[C@H](NCc1c(Cl)cccc1S(C)(=O)=O)c1cccs1. The van der Waals surface area contributed by atoms with E-state index in [1.54, 1.807) is 29.5 Å². The standard InChI is InChI=1S/C14H16ClNO2S2/c1-10(13-6-4-8-19-13)16-9-11-12(15)5-3-7-14(11)20(2,17)18/h3-8,10,16H,9H2,1-2H3/t10-/m0/s1. The van der Waals surface area contributed by atoms with Crippen LogP contribution in [0.3, 0.4) is 0 Å². The van der Waals surface area contributed by atoms with Crippen LogP contribution in [-0.4, -0.2) is 14.7 Å². The first-order chi connectivity index (χ1) is 9.39. The highest BCUT2D eigenvalue weighted by molar-refractivity contribution is 7.90. The van der Waals surface area contributed by atoms with Gasteiger partial charge in [0.25, 0.3) is 0 Å². The van der Waals surface area contributed by atoms with Crippen molar-refractivity contribution in [2.75, 3.05) is 6.26 Å². The Kier molecular flexibility index (Phi) is 4.86. The first-order valence-electron chi connectivity index (χ1n) is 6.14. The van der Waals surface area contributed by atoms with Crippen molar-refractivity contribution in [2.45, 2.75) is 24.4 Å². The summed E-state index contributed by atoms with van der Waals surface area (Å²) in [6.07, 6.45) is 1.20. The molecule has 108 valence electrons. The number of benzene rings is 1. The maximum Gasteiger partial charge on any atom is 0.175 e. The molecule has 6 heteroatoms. The number of sulfone groups is 1. The summed E-state index contributed by atoms with van der Waals surface area (Å²) < 4.78 is 23.6. The predicted molar refractivity (Wildman–Crippen MR) is 84.1 cm³/mol. The molecule has 0 aliphatic heterocycles. The minimum atomic E-state index is -3.28. The molecule has 0 saturated carbocycles. The third-order valence-electron chi connectivity index (χ3n) is 3.03. The molecule has 2 rings (SSSR count). The molecule has 20 heavy (non-hydrogen) atoms. The van der Waals surface area contributed by atoms with Crippen molar-refractivity contribution in [3.05, 3.63) is 51.2 Å². The highest BCUT2D eigenvalue weighted by Gasteiger charge is 2.16. The number of thiophene rings is 1.